The average Bonchev–Trinajstić information content (AvgIpc) is 2.95. The maximum atomic E-state index is 11.5. The molecule has 2 rings (SSSR count). The van der Waals surface area contributed by atoms with Crippen LogP contribution in [0, 0.1) is 22.5 Å². The topological polar surface area (TPSA) is 110 Å². The maximum absolute atomic E-state index is 11.5. The van der Waals surface area contributed by atoms with Gasteiger partial charge in [-0.2, -0.15) is 0 Å². The third-order valence-corrected chi connectivity index (χ3v) is 4.08. The normalized spacial score (nSPS) is 17.1. The van der Waals surface area contributed by atoms with Crippen LogP contribution in [0.2, 0.25) is 0 Å². The summed E-state index contributed by atoms with van der Waals surface area (Å²) in [5, 5.41) is 23.3. The van der Waals surface area contributed by atoms with Crippen LogP contribution < -0.4 is 5.32 Å². The molecule has 1 heterocycles. The quantitative estimate of drug-likeness (QED) is 0.628. The number of rotatable bonds is 5. The van der Waals surface area contributed by atoms with Crippen molar-refractivity contribution in [3.8, 4) is 0 Å². The van der Waals surface area contributed by atoms with Gasteiger partial charge in [0.05, 0.1) is 5.41 Å². The molecule has 0 aliphatic heterocycles. The number of aliphatic carboxylic acids is 1. The summed E-state index contributed by atoms with van der Waals surface area (Å²) in [7, 11) is 1.67. The first-order valence-electron chi connectivity index (χ1n) is 6.52. The van der Waals surface area contributed by atoms with Crippen molar-refractivity contribution in [2.75, 3.05) is 11.9 Å². The standard InChI is InChI=1S/C12H18N4O4/c1-8-14-10(16(19)20)9(15(8)2)13-7-12(11(17)18)5-3-4-6-12/h13H,3-7H2,1-2H3,(H,17,18). The predicted molar refractivity (Wildman–Crippen MR) is 71.6 cm³/mol. The van der Waals surface area contributed by atoms with Gasteiger partial charge in [-0.05, 0) is 22.7 Å². The van der Waals surface area contributed by atoms with Crippen LogP contribution in [0.5, 0.6) is 0 Å². The highest BCUT2D eigenvalue weighted by Crippen LogP contribution is 2.39. The van der Waals surface area contributed by atoms with Crippen molar-refractivity contribution in [2.24, 2.45) is 12.5 Å². The summed E-state index contributed by atoms with van der Waals surface area (Å²) in [6.45, 7) is 1.85. The van der Waals surface area contributed by atoms with Crippen LogP contribution in [0.25, 0.3) is 0 Å². The molecule has 0 amide bonds. The number of aromatic nitrogens is 2. The fourth-order valence-corrected chi connectivity index (χ4v) is 2.69. The Hall–Kier alpha value is -2.12. The van der Waals surface area contributed by atoms with Gasteiger partial charge >= 0.3 is 11.8 Å². The van der Waals surface area contributed by atoms with Gasteiger partial charge in [0.2, 0.25) is 11.6 Å². The Labute approximate surface area is 116 Å². The molecule has 1 aliphatic carbocycles. The first-order valence-corrected chi connectivity index (χ1v) is 6.52. The zero-order valence-electron chi connectivity index (χ0n) is 11.5. The minimum Gasteiger partial charge on any atom is -0.481 e. The number of imidazole rings is 1. The fourth-order valence-electron chi connectivity index (χ4n) is 2.69. The second-order valence-corrected chi connectivity index (χ2v) is 5.29. The van der Waals surface area contributed by atoms with Crippen molar-refractivity contribution in [1.82, 2.24) is 9.55 Å². The number of hydrogen-bond acceptors (Lipinski definition) is 5. The van der Waals surface area contributed by atoms with Gasteiger partial charge in [-0.15, -0.1) is 0 Å². The van der Waals surface area contributed by atoms with Crippen LogP contribution in [-0.4, -0.2) is 32.1 Å². The van der Waals surface area contributed by atoms with Crippen molar-refractivity contribution in [2.45, 2.75) is 32.6 Å². The van der Waals surface area contributed by atoms with Gasteiger partial charge in [0, 0.05) is 20.5 Å². The highest BCUT2D eigenvalue weighted by molar-refractivity contribution is 5.76. The second-order valence-electron chi connectivity index (χ2n) is 5.29. The van der Waals surface area contributed by atoms with Crippen LogP contribution in [0.15, 0.2) is 0 Å². The Bertz CT molecular complexity index is 546. The molecule has 1 aliphatic rings. The molecule has 0 unspecified atom stereocenters. The van der Waals surface area contributed by atoms with Gasteiger partial charge in [-0.3, -0.25) is 9.36 Å². The molecule has 2 N–H and O–H groups in total. The lowest BCUT2D eigenvalue weighted by Gasteiger charge is -2.24. The van der Waals surface area contributed by atoms with Crippen molar-refractivity contribution in [3.05, 3.63) is 15.9 Å². The molecular weight excluding hydrogens is 264 g/mol. The Morgan fingerprint density at radius 3 is 2.65 bits per heavy atom. The molecule has 20 heavy (non-hydrogen) atoms. The number of aryl methyl sites for hydroxylation is 1. The molecule has 1 aromatic heterocycles. The molecular formula is C12H18N4O4. The Kier molecular flexibility index (Phi) is 3.65. The lowest BCUT2D eigenvalue weighted by molar-refractivity contribution is -0.388. The number of nitro groups is 1. The van der Waals surface area contributed by atoms with Gasteiger partial charge in [0.25, 0.3) is 0 Å². The minimum atomic E-state index is -0.843. The number of nitrogens with one attached hydrogen (secondary N) is 1. The lowest BCUT2D eigenvalue weighted by atomic mass is 9.86. The number of hydrogen-bond donors (Lipinski definition) is 2. The fraction of sp³-hybridized carbons (Fsp3) is 0.667. The van der Waals surface area contributed by atoms with E-state index in [9.17, 15) is 20.0 Å². The van der Waals surface area contributed by atoms with Crippen molar-refractivity contribution < 1.29 is 14.8 Å². The van der Waals surface area contributed by atoms with Gasteiger partial charge in [0.15, 0.2) is 0 Å². The molecule has 1 aromatic rings. The first-order chi connectivity index (χ1) is 9.37. The molecule has 0 atom stereocenters. The molecule has 0 spiro atoms. The number of carboxylic acid groups (broad SMARTS) is 1. The molecule has 1 fully saturated rings. The van der Waals surface area contributed by atoms with E-state index in [2.05, 4.69) is 10.3 Å². The van der Waals surface area contributed by atoms with Gasteiger partial charge in [0.1, 0.15) is 0 Å². The third kappa shape index (κ3) is 2.33. The summed E-state index contributed by atoms with van der Waals surface area (Å²) in [5.41, 5.74) is -0.827. The molecule has 8 nitrogen and oxygen atoms in total. The van der Waals surface area contributed by atoms with Gasteiger partial charge in [-0.25, -0.2) is 0 Å². The monoisotopic (exact) mass is 282 g/mol. The summed E-state index contributed by atoms with van der Waals surface area (Å²) in [5.74, 6) is -0.331. The van der Waals surface area contributed by atoms with Crippen LogP contribution in [0.4, 0.5) is 11.6 Å². The minimum absolute atomic E-state index is 0.183. The molecule has 0 saturated heterocycles. The van der Waals surface area contributed by atoms with E-state index >= 15 is 0 Å². The summed E-state index contributed by atoms with van der Waals surface area (Å²) in [4.78, 5) is 25.7. The molecule has 1 saturated carbocycles. The highest BCUT2D eigenvalue weighted by atomic mass is 16.6. The summed E-state index contributed by atoms with van der Waals surface area (Å²) in [6, 6.07) is 0. The summed E-state index contributed by atoms with van der Waals surface area (Å²) in [6.07, 6.45) is 2.95. The van der Waals surface area contributed by atoms with E-state index in [1.54, 1.807) is 18.5 Å². The highest BCUT2D eigenvalue weighted by Gasteiger charge is 2.41. The maximum Gasteiger partial charge on any atom is 0.406 e. The van der Waals surface area contributed by atoms with Crippen LogP contribution in [0.1, 0.15) is 31.5 Å². The Morgan fingerprint density at radius 2 is 2.15 bits per heavy atom. The van der Waals surface area contributed by atoms with E-state index in [0.717, 1.165) is 12.8 Å². The van der Waals surface area contributed by atoms with Crippen molar-refractivity contribution in [1.29, 1.82) is 0 Å². The number of anilines is 1. The van der Waals surface area contributed by atoms with Crippen LogP contribution in [0.3, 0.4) is 0 Å². The zero-order chi connectivity index (χ0) is 14.9. The average molecular weight is 282 g/mol. The van der Waals surface area contributed by atoms with E-state index in [-0.39, 0.29) is 18.2 Å². The number of carbonyl (C=O) groups is 1. The van der Waals surface area contributed by atoms with Gasteiger partial charge in [-0.1, -0.05) is 12.8 Å². The largest absolute Gasteiger partial charge is 0.481 e. The third-order valence-electron chi connectivity index (χ3n) is 4.08. The Morgan fingerprint density at radius 1 is 1.55 bits per heavy atom. The SMILES string of the molecule is Cc1nc([N+](=O)[O-])c(NCC2(C(=O)O)CCCC2)n1C. The van der Waals surface area contributed by atoms with E-state index < -0.39 is 16.3 Å². The van der Waals surface area contributed by atoms with Crippen molar-refractivity contribution >= 4 is 17.6 Å². The molecule has 0 bridgehead atoms. The molecule has 8 heteroatoms. The van der Waals surface area contributed by atoms with Crippen LogP contribution >= 0.6 is 0 Å². The molecule has 110 valence electrons. The summed E-state index contributed by atoms with van der Waals surface area (Å²) >= 11 is 0. The zero-order valence-corrected chi connectivity index (χ0v) is 11.5. The van der Waals surface area contributed by atoms with Crippen molar-refractivity contribution in [3.63, 3.8) is 0 Å². The number of nitrogens with zero attached hydrogens (tertiary/aromatic N) is 3. The van der Waals surface area contributed by atoms with E-state index in [0.29, 0.717) is 18.7 Å². The van der Waals surface area contributed by atoms with E-state index in [1.165, 1.54) is 0 Å². The van der Waals surface area contributed by atoms with E-state index in [4.69, 9.17) is 0 Å². The predicted octanol–water partition coefficient (Wildman–Crippen LogP) is 1.69. The number of carboxylic acids is 1. The molecule has 0 radical (unpaired) electrons. The summed E-state index contributed by atoms with van der Waals surface area (Å²) < 4.78 is 1.57. The van der Waals surface area contributed by atoms with Gasteiger partial charge < -0.3 is 20.5 Å². The lowest BCUT2D eigenvalue weighted by Crippen LogP contribution is -2.35. The molecule has 0 aromatic carbocycles. The second kappa shape index (κ2) is 5.10. The Balaban J connectivity index is 2.22. The van der Waals surface area contributed by atoms with Crippen LogP contribution in [-0.2, 0) is 11.8 Å². The van der Waals surface area contributed by atoms with E-state index in [1.807, 2.05) is 0 Å². The first kappa shape index (κ1) is 14.3. The smallest absolute Gasteiger partial charge is 0.406 e.